The first-order valence-corrected chi connectivity index (χ1v) is 6.98. The van der Waals surface area contributed by atoms with E-state index in [4.69, 9.17) is 4.98 Å². The Morgan fingerprint density at radius 1 is 1.44 bits per heavy atom. The standard InChI is InChI=1S/C13H22N2S/c1-13(2,3)12-15-11-9(8-14-4)6-5-7-10(11)16-12/h9,14H,5-8H2,1-4H3. The summed E-state index contributed by atoms with van der Waals surface area (Å²) < 4.78 is 0. The van der Waals surface area contributed by atoms with Gasteiger partial charge < -0.3 is 5.32 Å². The van der Waals surface area contributed by atoms with Gasteiger partial charge in [-0.1, -0.05) is 20.8 Å². The molecule has 1 aliphatic rings. The molecule has 1 aliphatic carbocycles. The lowest BCUT2D eigenvalue weighted by atomic mass is 9.90. The summed E-state index contributed by atoms with van der Waals surface area (Å²) in [4.78, 5) is 6.44. The van der Waals surface area contributed by atoms with Crippen LogP contribution in [0.1, 0.15) is 55.1 Å². The Morgan fingerprint density at radius 3 is 2.81 bits per heavy atom. The van der Waals surface area contributed by atoms with E-state index in [2.05, 4.69) is 26.1 Å². The highest BCUT2D eigenvalue weighted by Gasteiger charge is 2.27. The van der Waals surface area contributed by atoms with Crippen LogP contribution in [0.4, 0.5) is 0 Å². The minimum absolute atomic E-state index is 0.201. The third-order valence-corrected chi connectivity index (χ3v) is 4.72. The SMILES string of the molecule is CNCC1CCCc2sc(C(C)(C)C)nc21. The highest BCUT2D eigenvalue weighted by atomic mass is 32.1. The average molecular weight is 238 g/mol. The summed E-state index contributed by atoms with van der Waals surface area (Å²) in [5.74, 6) is 0.640. The summed E-state index contributed by atoms with van der Waals surface area (Å²) in [6.45, 7) is 7.83. The molecule has 2 nitrogen and oxygen atoms in total. The second-order valence-corrected chi connectivity index (χ2v) is 6.81. The maximum absolute atomic E-state index is 4.90. The summed E-state index contributed by atoms with van der Waals surface area (Å²) in [6, 6.07) is 0. The van der Waals surface area contributed by atoms with E-state index in [0.717, 1.165) is 6.54 Å². The molecule has 3 heteroatoms. The fraction of sp³-hybridized carbons (Fsp3) is 0.769. The van der Waals surface area contributed by atoms with Crippen LogP contribution in [0.25, 0.3) is 0 Å². The van der Waals surface area contributed by atoms with Crippen molar-refractivity contribution in [2.75, 3.05) is 13.6 Å². The third-order valence-electron chi connectivity index (χ3n) is 3.16. The predicted molar refractivity (Wildman–Crippen MR) is 70.4 cm³/mol. The topological polar surface area (TPSA) is 24.9 Å². The van der Waals surface area contributed by atoms with Gasteiger partial charge in [-0.3, -0.25) is 0 Å². The minimum atomic E-state index is 0.201. The smallest absolute Gasteiger partial charge is 0.0984 e. The van der Waals surface area contributed by atoms with Gasteiger partial charge in [-0.25, -0.2) is 4.98 Å². The van der Waals surface area contributed by atoms with E-state index in [0.29, 0.717) is 5.92 Å². The fourth-order valence-corrected chi connectivity index (χ4v) is 3.52. The molecule has 0 bridgehead atoms. The van der Waals surface area contributed by atoms with Gasteiger partial charge in [0.2, 0.25) is 0 Å². The maximum atomic E-state index is 4.90. The highest BCUT2D eigenvalue weighted by molar-refractivity contribution is 7.11. The average Bonchev–Trinajstić information content (AvgIpc) is 2.62. The zero-order valence-electron chi connectivity index (χ0n) is 10.8. The van der Waals surface area contributed by atoms with Crippen molar-refractivity contribution in [2.45, 2.75) is 51.4 Å². The number of thiazole rings is 1. The molecule has 0 fully saturated rings. The molecule has 2 rings (SSSR count). The van der Waals surface area contributed by atoms with E-state index < -0.39 is 0 Å². The molecule has 0 saturated carbocycles. The Bertz CT molecular complexity index is 362. The minimum Gasteiger partial charge on any atom is -0.319 e. The van der Waals surface area contributed by atoms with Crippen molar-refractivity contribution in [3.05, 3.63) is 15.6 Å². The van der Waals surface area contributed by atoms with Crippen LogP contribution >= 0.6 is 11.3 Å². The maximum Gasteiger partial charge on any atom is 0.0984 e. The molecule has 1 aromatic rings. The molecule has 1 atom stereocenters. The van der Waals surface area contributed by atoms with Gasteiger partial charge in [0.25, 0.3) is 0 Å². The van der Waals surface area contributed by atoms with Crippen molar-refractivity contribution in [1.29, 1.82) is 0 Å². The molecule has 1 unspecified atom stereocenters. The molecule has 90 valence electrons. The van der Waals surface area contributed by atoms with Crippen LogP contribution in [0.2, 0.25) is 0 Å². The first-order chi connectivity index (χ1) is 7.52. The lowest BCUT2D eigenvalue weighted by Crippen LogP contribution is -2.21. The van der Waals surface area contributed by atoms with E-state index >= 15 is 0 Å². The van der Waals surface area contributed by atoms with Gasteiger partial charge in [0.15, 0.2) is 0 Å². The number of aryl methyl sites for hydroxylation is 1. The number of hydrogen-bond acceptors (Lipinski definition) is 3. The summed E-state index contributed by atoms with van der Waals surface area (Å²) in [5.41, 5.74) is 1.59. The molecular weight excluding hydrogens is 216 g/mol. The number of likely N-dealkylation sites (N-methyl/N-ethyl adjacent to an activating group) is 1. The quantitative estimate of drug-likeness (QED) is 0.856. The summed E-state index contributed by atoms with van der Waals surface area (Å²) in [7, 11) is 2.03. The van der Waals surface area contributed by atoms with E-state index in [9.17, 15) is 0 Å². The van der Waals surface area contributed by atoms with E-state index in [1.165, 1.54) is 34.8 Å². The Kier molecular flexibility index (Phi) is 3.36. The number of nitrogens with one attached hydrogen (secondary N) is 1. The monoisotopic (exact) mass is 238 g/mol. The first-order valence-electron chi connectivity index (χ1n) is 6.17. The molecular formula is C13H22N2S. The van der Waals surface area contributed by atoms with Crippen LogP contribution in [0, 0.1) is 0 Å². The molecule has 1 N–H and O–H groups in total. The Hall–Kier alpha value is -0.410. The van der Waals surface area contributed by atoms with E-state index in [-0.39, 0.29) is 5.41 Å². The van der Waals surface area contributed by atoms with Crippen LogP contribution in [0.5, 0.6) is 0 Å². The molecule has 1 heterocycles. The van der Waals surface area contributed by atoms with Gasteiger partial charge in [-0.05, 0) is 26.3 Å². The molecule has 16 heavy (non-hydrogen) atoms. The van der Waals surface area contributed by atoms with Gasteiger partial charge in [0, 0.05) is 22.8 Å². The van der Waals surface area contributed by atoms with Crippen molar-refractivity contribution >= 4 is 11.3 Å². The normalized spacial score (nSPS) is 20.9. The summed E-state index contributed by atoms with van der Waals surface area (Å²) in [5, 5.41) is 4.60. The van der Waals surface area contributed by atoms with Crippen LogP contribution in [0.15, 0.2) is 0 Å². The Labute approximate surface area is 102 Å². The lowest BCUT2D eigenvalue weighted by molar-refractivity contribution is 0.515. The van der Waals surface area contributed by atoms with Gasteiger partial charge >= 0.3 is 0 Å². The van der Waals surface area contributed by atoms with Crippen molar-refractivity contribution < 1.29 is 0 Å². The van der Waals surface area contributed by atoms with Gasteiger partial charge in [0.1, 0.15) is 0 Å². The van der Waals surface area contributed by atoms with Gasteiger partial charge in [-0.15, -0.1) is 11.3 Å². The van der Waals surface area contributed by atoms with Crippen LogP contribution in [-0.2, 0) is 11.8 Å². The van der Waals surface area contributed by atoms with Gasteiger partial charge in [0.05, 0.1) is 10.7 Å². The van der Waals surface area contributed by atoms with Crippen molar-refractivity contribution in [2.24, 2.45) is 0 Å². The predicted octanol–water partition coefficient (Wildman–Crippen LogP) is 3.08. The Balaban J connectivity index is 2.31. The van der Waals surface area contributed by atoms with Crippen molar-refractivity contribution in [3.8, 4) is 0 Å². The number of rotatable bonds is 2. The number of fused-ring (bicyclic) bond motifs is 1. The Morgan fingerprint density at radius 2 is 2.19 bits per heavy atom. The highest BCUT2D eigenvalue weighted by Crippen LogP contribution is 2.38. The van der Waals surface area contributed by atoms with Gasteiger partial charge in [-0.2, -0.15) is 0 Å². The molecule has 1 aromatic heterocycles. The zero-order chi connectivity index (χ0) is 11.8. The fourth-order valence-electron chi connectivity index (χ4n) is 2.27. The van der Waals surface area contributed by atoms with Crippen LogP contribution in [0.3, 0.4) is 0 Å². The molecule has 0 spiro atoms. The third kappa shape index (κ3) is 2.30. The van der Waals surface area contributed by atoms with Crippen molar-refractivity contribution in [3.63, 3.8) is 0 Å². The van der Waals surface area contributed by atoms with E-state index in [1.807, 2.05) is 18.4 Å². The molecule has 0 aliphatic heterocycles. The lowest BCUT2D eigenvalue weighted by Gasteiger charge is -2.20. The second kappa shape index (κ2) is 4.46. The number of aromatic nitrogens is 1. The zero-order valence-corrected chi connectivity index (χ0v) is 11.6. The number of hydrogen-bond donors (Lipinski definition) is 1. The largest absolute Gasteiger partial charge is 0.319 e. The molecule has 0 saturated heterocycles. The second-order valence-electron chi connectivity index (χ2n) is 5.72. The van der Waals surface area contributed by atoms with E-state index in [1.54, 1.807) is 0 Å². The summed E-state index contributed by atoms with van der Waals surface area (Å²) >= 11 is 1.93. The molecule has 0 aromatic carbocycles. The summed E-state index contributed by atoms with van der Waals surface area (Å²) in [6.07, 6.45) is 3.86. The first kappa shape index (κ1) is 12.1. The number of nitrogens with zero attached hydrogens (tertiary/aromatic N) is 1. The molecule has 0 radical (unpaired) electrons. The van der Waals surface area contributed by atoms with Crippen LogP contribution in [-0.4, -0.2) is 18.6 Å². The van der Waals surface area contributed by atoms with Crippen LogP contribution < -0.4 is 5.32 Å². The molecule has 0 amide bonds. The van der Waals surface area contributed by atoms with Crippen molar-refractivity contribution in [1.82, 2.24) is 10.3 Å².